The summed E-state index contributed by atoms with van der Waals surface area (Å²) in [6.07, 6.45) is 1.48. The fourth-order valence-electron chi connectivity index (χ4n) is 1.81. The smallest absolute Gasteiger partial charge is 0.327 e. The number of ether oxygens (including phenoxy) is 1. The molecule has 1 saturated heterocycles. The van der Waals surface area contributed by atoms with Crippen molar-refractivity contribution in [3.05, 3.63) is 34.9 Å². The molecule has 1 aliphatic rings. The van der Waals surface area contributed by atoms with Gasteiger partial charge in [0.25, 0.3) is 0 Å². The third-order valence-corrected chi connectivity index (χ3v) is 3.17. The first-order valence-electron chi connectivity index (χ1n) is 6.01. The lowest BCUT2D eigenvalue weighted by atomic mass is 10.0. The van der Waals surface area contributed by atoms with Crippen molar-refractivity contribution >= 4 is 30.0 Å². The van der Waals surface area contributed by atoms with Gasteiger partial charge in [0.1, 0.15) is 0 Å². The third-order valence-electron chi connectivity index (χ3n) is 2.92. The first kappa shape index (κ1) is 16.2. The minimum absolute atomic E-state index is 0. The van der Waals surface area contributed by atoms with Gasteiger partial charge in [-0.2, -0.15) is 0 Å². The molecule has 0 atom stereocenters. The average Bonchev–Trinajstić information content (AvgIpc) is 2.42. The highest BCUT2D eigenvalue weighted by molar-refractivity contribution is 6.30. The van der Waals surface area contributed by atoms with Crippen LogP contribution in [0.3, 0.4) is 0 Å². The first-order valence-corrected chi connectivity index (χ1v) is 6.39. The van der Waals surface area contributed by atoms with E-state index >= 15 is 0 Å². The van der Waals surface area contributed by atoms with Gasteiger partial charge >= 0.3 is 5.97 Å². The van der Waals surface area contributed by atoms with Gasteiger partial charge in [-0.25, -0.2) is 0 Å². The Morgan fingerprint density at radius 1 is 1.32 bits per heavy atom. The van der Waals surface area contributed by atoms with E-state index in [1.807, 2.05) is 12.1 Å². The predicted molar refractivity (Wildman–Crippen MR) is 75.2 cm³/mol. The molecular weight excluding hydrogens is 289 g/mol. The molecule has 0 bridgehead atoms. The van der Waals surface area contributed by atoms with Crippen LogP contribution in [0.5, 0.6) is 0 Å². The maximum Gasteiger partial charge on any atom is 0.327 e. The SMILES string of the molecule is Cl.O=C(ONCc1ccc(Cl)cc1)C1CCOCC1. The van der Waals surface area contributed by atoms with Crippen molar-refractivity contribution in [2.45, 2.75) is 19.4 Å². The zero-order valence-corrected chi connectivity index (χ0v) is 12.0. The van der Waals surface area contributed by atoms with Gasteiger partial charge in [-0.1, -0.05) is 23.7 Å². The normalized spacial score (nSPS) is 15.6. The van der Waals surface area contributed by atoms with E-state index < -0.39 is 0 Å². The van der Waals surface area contributed by atoms with Crippen molar-refractivity contribution in [3.63, 3.8) is 0 Å². The highest BCUT2D eigenvalue weighted by atomic mass is 35.5. The van der Waals surface area contributed by atoms with Gasteiger partial charge in [-0.3, -0.25) is 4.79 Å². The Morgan fingerprint density at radius 3 is 2.58 bits per heavy atom. The van der Waals surface area contributed by atoms with Crippen LogP contribution in [0, 0.1) is 5.92 Å². The van der Waals surface area contributed by atoms with Crippen molar-refractivity contribution in [3.8, 4) is 0 Å². The van der Waals surface area contributed by atoms with Crippen molar-refractivity contribution in [2.75, 3.05) is 13.2 Å². The van der Waals surface area contributed by atoms with E-state index in [0.717, 1.165) is 18.4 Å². The Hall–Kier alpha value is -0.810. The Bertz CT molecular complexity index is 391. The van der Waals surface area contributed by atoms with E-state index in [0.29, 0.717) is 24.8 Å². The molecule has 4 nitrogen and oxygen atoms in total. The van der Waals surface area contributed by atoms with Crippen LogP contribution in [0.4, 0.5) is 0 Å². The number of nitrogens with one attached hydrogen (secondary N) is 1. The number of hydrogen-bond donors (Lipinski definition) is 1. The lowest BCUT2D eigenvalue weighted by Gasteiger charge is -2.20. The van der Waals surface area contributed by atoms with E-state index in [9.17, 15) is 4.79 Å². The number of hydroxylamine groups is 1. The maximum absolute atomic E-state index is 11.7. The molecule has 0 amide bonds. The molecule has 1 heterocycles. The summed E-state index contributed by atoms with van der Waals surface area (Å²) < 4.78 is 5.19. The van der Waals surface area contributed by atoms with E-state index in [1.165, 1.54) is 0 Å². The van der Waals surface area contributed by atoms with Gasteiger partial charge in [-0.05, 0) is 30.5 Å². The molecule has 0 aromatic heterocycles. The molecule has 0 radical (unpaired) electrons. The predicted octanol–water partition coefficient (Wildman–Crippen LogP) is 2.74. The maximum atomic E-state index is 11.7. The van der Waals surface area contributed by atoms with Crippen molar-refractivity contribution in [1.82, 2.24) is 5.48 Å². The molecule has 1 aromatic carbocycles. The number of carbonyl (C=O) groups excluding carboxylic acids is 1. The monoisotopic (exact) mass is 305 g/mol. The highest BCUT2D eigenvalue weighted by Crippen LogP contribution is 2.15. The van der Waals surface area contributed by atoms with E-state index in [-0.39, 0.29) is 24.3 Å². The highest BCUT2D eigenvalue weighted by Gasteiger charge is 2.23. The molecule has 0 saturated carbocycles. The van der Waals surface area contributed by atoms with E-state index in [4.69, 9.17) is 21.2 Å². The third kappa shape index (κ3) is 5.37. The van der Waals surface area contributed by atoms with Crippen LogP contribution in [0.15, 0.2) is 24.3 Å². The standard InChI is InChI=1S/C13H16ClNO3.ClH/c14-12-3-1-10(2-4-12)9-15-18-13(16)11-5-7-17-8-6-11;/h1-4,11,15H,5-9H2;1H. The summed E-state index contributed by atoms with van der Waals surface area (Å²) >= 11 is 5.78. The van der Waals surface area contributed by atoms with Gasteiger partial charge in [-0.15, -0.1) is 17.9 Å². The Balaban J connectivity index is 0.00000180. The quantitative estimate of drug-likeness (QED) is 0.869. The van der Waals surface area contributed by atoms with Gasteiger partial charge in [0.2, 0.25) is 0 Å². The second-order valence-electron chi connectivity index (χ2n) is 4.26. The topological polar surface area (TPSA) is 47.6 Å². The molecule has 6 heteroatoms. The molecule has 0 unspecified atom stereocenters. The molecule has 2 rings (SSSR count). The van der Waals surface area contributed by atoms with Crippen molar-refractivity contribution in [2.24, 2.45) is 5.92 Å². The Kier molecular flexibility index (Phi) is 7.16. The zero-order valence-electron chi connectivity index (χ0n) is 10.4. The van der Waals surface area contributed by atoms with Crippen LogP contribution < -0.4 is 5.48 Å². The van der Waals surface area contributed by atoms with Crippen LogP contribution in [0.2, 0.25) is 5.02 Å². The average molecular weight is 306 g/mol. The number of halogens is 2. The van der Waals surface area contributed by atoms with Crippen LogP contribution >= 0.6 is 24.0 Å². The fourth-order valence-corrected chi connectivity index (χ4v) is 1.94. The molecule has 0 spiro atoms. The minimum Gasteiger partial charge on any atom is -0.381 e. The second-order valence-corrected chi connectivity index (χ2v) is 4.69. The number of carbonyl (C=O) groups is 1. The Labute approximate surface area is 123 Å². The number of benzene rings is 1. The van der Waals surface area contributed by atoms with Gasteiger partial charge in [0, 0.05) is 18.2 Å². The molecule has 1 aliphatic heterocycles. The van der Waals surface area contributed by atoms with E-state index in [1.54, 1.807) is 12.1 Å². The molecule has 19 heavy (non-hydrogen) atoms. The first-order chi connectivity index (χ1) is 8.75. The molecule has 1 aromatic rings. The summed E-state index contributed by atoms with van der Waals surface area (Å²) in [5.74, 6) is -0.247. The lowest BCUT2D eigenvalue weighted by Crippen LogP contribution is -2.29. The van der Waals surface area contributed by atoms with Crippen LogP contribution in [0.1, 0.15) is 18.4 Å². The summed E-state index contributed by atoms with van der Waals surface area (Å²) in [6, 6.07) is 7.38. The number of hydrogen-bond acceptors (Lipinski definition) is 4. The van der Waals surface area contributed by atoms with Gasteiger partial charge < -0.3 is 9.57 Å². The van der Waals surface area contributed by atoms with E-state index in [2.05, 4.69) is 5.48 Å². The van der Waals surface area contributed by atoms with Gasteiger partial charge in [0.05, 0.1) is 12.5 Å². The largest absolute Gasteiger partial charge is 0.381 e. The summed E-state index contributed by atoms with van der Waals surface area (Å²) in [4.78, 5) is 16.7. The van der Waals surface area contributed by atoms with Crippen LogP contribution in [-0.2, 0) is 20.9 Å². The summed E-state index contributed by atoms with van der Waals surface area (Å²) in [7, 11) is 0. The molecule has 1 fully saturated rings. The lowest BCUT2D eigenvalue weighted by molar-refractivity contribution is -0.159. The Morgan fingerprint density at radius 2 is 1.95 bits per heavy atom. The molecule has 106 valence electrons. The van der Waals surface area contributed by atoms with Crippen LogP contribution in [-0.4, -0.2) is 19.2 Å². The summed E-state index contributed by atoms with van der Waals surface area (Å²) in [5.41, 5.74) is 3.70. The molecule has 1 N–H and O–H groups in total. The zero-order chi connectivity index (χ0) is 12.8. The molecular formula is C13H17Cl2NO3. The molecule has 0 aliphatic carbocycles. The van der Waals surface area contributed by atoms with Crippen molar-refractivity contribution in [1.29, 1.82) is 0 Å². The van der Waals surface area contributed by atoms with Gasteiger partial charge in [0.15, 0.2) is 0 Å². The van der Waals surface area contributed by atoms with Crippen molar-refractivity contribution < 1.29 is 14.4 Å². The number of rotatable bonds is 4. The van der Waals surface area contributed by atoms with Crippen LogP contribution in [0.25, 0.3) is 0 Å². The summed E-state index contributed by atoms with van der Waals surface area (Å²) in [6.45, 7) is 1.75. The minimum atomic E-state index is -0.202. The fraction of sp³-hybridized carbons (Fsp3) is 0.462. The summed E-state index contributed by atoms with van der Waals surface area (Å²) in [5, 5.41) is 0.693. The second kappa shape index (κ2) is 8.38.